The molecule has 6 nitrogen and oxygen atoms in total. The van der Waals surface area contributed by atoms with Gasteiger partial charge in [0.25, 0.3) is 5.69 Å². The van der Waals surface area contributed by atoms with E-state index in [4.69, 9.17) is 0 Å². The van der Waals surface area contributed by atoms with Crippen LogP contribution in [-0.4, -0.2) is 80.0 Å². The van der Waals surface area contributed by atoms with E-state index in [9.17, 15) is 10.1 Å². The SMILES string of the molecule is CCCCN(C)CCN(C)CCN(C)CCCc1cc(C)c(C)cc1[N+](=O)[O-]. The first-order valence-corrected chi connectivity index (χ1v) is 10.5. The van der Waals surface area contributed by atoms with E-state index in [2.05, 4.69) is 42.8 Å². The molecule has 0 radical (unpaired) electrons. The van der Waals surface area contributed by atoms with Crippen molar-refractivity contribution in [1.82, 2.24) is 14.7 Å². The standard InChI is InChI=1S/C22H40N4O2/c1-7-8-11-23(4)13-15-25(6)16-14-24(5)12-9-10-21-17-19(2)20(3)18-22(21)26(27)28/h17-18H,7-16H2,1-6H3. The Hall–Kier alpha value is -1.50. The molecule has 1 aromatic rings. The zero-order chi connectivity index (χ0) is 21.1. The van der Waals surface area contributed by atoms with Crippen molar-refractivity contribution in [1.29, 1.82) is 0 Å². The quantitative estimate of drug-likeness (QED) is 0.357. The van der Waals surface area contributed by atoms with Crippen LogP contribution in [0.2, 0.25) is 0 Å². The zero-order valence-electron chi connectivity index (χ0n) is 18.8. The summed E-state index contributed by atoms with van der Waals surface area (Å²) in [4.78, 5) is 18.2. The van der Waals surface area contributed by atoms with Crippen LogP contribution in [0.5, 0.6) is 0 Å². The molecule has 0 bridgehead atoms. The van der Waals surface area contributed by atoms with Gasteiger partial charge in [-0.1, -0.05) is 13.3 Å². The first kappa shape index (κ1) is 24.5. The largest absolute Gasteiger partial charge is 0.305 e. The van der Waals surface area contributed by atoms with Gasteiger partial charge in [0.2, 0.25) is 0 Å². The van der Waals surface area contributed by atoms with Crippen molar-refractivity contribution in [2.45, 2.75) is 46.5 Å². The lowest BCUT2D eigenvalue weighted by molar-refractivity contribution is -0.385. The van der Waals surface area contributed by atoms with E-state index in [0.717, 1.165) is 62.3 Å². The zero-order valence-corrected chi connectivity index (χ0v) is 18.8. The van der Waals surface area contributed by atoms with E-state index in [0.29, 0.717) is 0 Å². The molecule has 0 fully saturated rings. The van der Waals surface area contributed by atoms with Crippen molar-refractivity contribution in [2.75, 3.05) is 60.4 Å². The Morgan fingerprint density at radius 1 is 0.821 bits per heavy atom. The van der Waals surface area contributed by atoms with Crippen molar-refractivity contribution in [3.05, 3.63) is 38.9 Å². The molecule has 1 aromatic carbocycles. The highest BCUT2D eigenvalue weighted by atomic mass is 16.6. The monoisotopic (exact) mass is 392 g/mol. The van der Waals surface area contributed by atoms with Gasteiger partial charge in [-0.25, -0.2) is 0 Å². The number of aryl methyl sites for hydroxylation is 3. The summed E-state index contributed by atoms with van der Waals surface area (Å²) in [5.41, 5.74) is 3.22. The predicted molar refractivity (Wildman–Crippen MR) is 118 cm³/mol. The molecule has 0 unspecified atom stereocenters. The third kappa shape index (κ3) is 9.13. The van der Waals surface area contributed by atoms with Crippen LogP contribution in [0, 0.1) is 24.0 Å². The lowest BCUT2D eigenvalue weighted by atomic mass is 10.0. The van der Waals surface area contributed by atoms with Gasteiger partial charge >= 0.3 is 0 Å². The summed E-state index contributed by atoms with van der Waals surface area (Å²) in [6.07, 6.45) is 4.20. The Morgan fingerprint density at radius 2 is 1.29 bits per heavy atom. The minimum Gasteiger partial charge on any atom is -0.305 e. The van der Waals surface area contributed by atoms with Crippen LogP contribution >= 0.6 is 0 Å². The molecule has 0 amide bonds. The van der Waals surface area contributed by atoms with Gasteiger partial charge in [0.05, 0.1) is 4.92 Å². The van der Waals surface area contributed by atoms with Crippen LogP contribution in [0.4, 0.5) is 5.69 Å². The van der Waals surface area contributed by atoms with Crippen LogP contribution < -0.4 is 0 Å². The third-order valence-corrected chi connectivity index (χ3v) is 5.50. The Bertz CT molecular complexity index is 606. The normalized spacial score (nSPS) is 11.8. The maximum absolute atomic E-state index is 11.3. The second kappa shape index (κ2) is 12.9. The Kier molecular flexibility index (Phi) is 11.3. The van der Waals surface area contributed by atoms with Crippen molar-refractivity contribution in [2.24, 2.45) is 0 Å². The summed E-state index contributed by atoms with van der Waals surface area (Å²) < 4.78 is 0. The van der Waals surface area contributed by atoms with E-state index in [1.165, 1.54) is 19.4 Å². The fraction of sp³-hybridized carbons (Fsp3) is 0.727. The number of hydrogen-bond donors (Lipinski definition) is 0. The summed E-state index contributed by atoms with van der Waals surface area (Å²) in [6, 6.07) is 3.69. The van der Waals surface area contributed by atoms with Crippen LogP contribution in [-0.2, 0) is 6.42 Å². The minimum atomic E-state index is -0.252. The van der Waals surface area contributed by atoms with Crippen molar-refractivity contribution in [3.63, 3.8) is 0 Å². The number of nitro groups is 1. The van der Waals surface area contributed by atoms with Crippen molar-refractivity contribution in [3.8, 4) is 0 Å². The highest BCUT2D eigenvalue weighted by molar-refractivity contribution is 5.46. The number of hydrogen-bond acceptors (Lipinski definition) is 5. The third-order valence-electron chi connectivity index (χ3n) is 5.50. The number of rotatable bonds is 14. The van der Waals surface area contributed by atoms with Gasteiger partial charge in [-0.15, -0.1) is 0 Å². The topological polar surface area (TPSA) is 52.9 Å². The minimum absolute atomic E-state index is 0.252. The summed E-state index contributed by atoms with van der Waals surface area (Å²) in [6.45, 7) is 12.6. The highest BCUT2D eigenvalue weighted by Crippen LogP contribution is 2.24. The van der Waals surface area contributed by atoms with Gasteiger partial charge in [0.15, 0.2) is 0 Å². The number of benzene rings is 1. The van der Waals surface area contributed by atoms with Crippen LogP contribution in [0.15, 0.2) is 12.1 Å². The fourth-order valence-corrected chi connectivity index (χ4v) is 3.22. The second-order valence-corrected chi connectivity index (χ2v) is 8.19. The molecule has 0 aliphatic rings. The predicted octanol–water partition coefficient (Wildman–Crippen LogP) is 3.74. The highest BCUT2D eigenvalue weighted by Gasteiger charge is 2.15. The van der Waals surface area contributed by atoms with Crippen LogP contribution in [0.1, 0.15) is 42.9 Å². The van der Waals surface area contributed by atoms with Gasteiger partial charge in [0.1, 0.15) is 0 Å². The lowest BCUT2D eigenvalue weighted by Crippen LogP contribution is -2.36. The number of nitrogens with zero attached hydrogens (tertiary/aromatic N) is 4. The van der Waals surface area contributed by atoms with Gasteiger partial charge in [-0.05, 0) is 84.5 Å². The Balaban J connectivity index is 2.33. The van der Waals surface area contributed by atoms with E-state index >= 15 is 0 Å². The molecule has 160 valence electrons. The van der Waals surface area contributed by atoms with Gasteiger partial charge in [-0.2, -0.15) is 0 Å². The summed E-state index contributed by atoms with van der Waals surface area (Å²) >= 11 is 0. The molecule has 0 spiro atoms. The molecule has 1 rings (SSSR count). The number of nitro benzene ring substituents is 1. The smallest absolute Gasteiger partial charge is 0.272 e. The van der Waals surface area contributed by atoms with E-state index in [1.807, 2.05) is 19.9 Å². The first-order valence-electron chi connectivity index (χ1n) is 10.5. The molecule has 0 saturated heterocycles. The average molecular weight is 393 g/mol. The second-order valence-electron chi connectivity index (χ2n) is 8.19. The molecule has 6 heteroatoms. The fourth-order valence-electron chi connectivity index (χ4n) is 3.22. The number of unbranched alkanes of at least 4 members (excludes halogenated alkanes) is 1. The molecule has 0 atom stereocenters. The molecule has 0 saturated carbocycles. The van der Waals surface area contributed by atoms with E-state index in [1.54, 1.807) is 6.07 Å². The molecule has 0 aromatic heterocycles. The lowest BCUT2D eigenvalue weighted by Gasteiger charge is -2.24. The Morgan fingerprint density at radius 3 is 1.79 bits per heavy atom. The van der Waals surface area contributed by atoms with Gasteiger partial charge in [0, 0.05) is 37.8 Å². The molecule has 0 aliphatic carbocycles. The average Bonchev–Trinajstić information content (AvgIpc) is 2.65. The summed E-state index contributed by atoms with van der Waals surface area (Å²) in [7, 11) is 6.51. The summed E-state index contributed by atoms with van der Waals surface area (Å²) in [5.74, 6) is 0. The molecule has 0 heterocycles. The van der Waals surface area contributed by atoms with Crippen LogP contribution in [0.25, 0.3) is 0 Å². The molecular weight excluding hydrogens is 352 g/mol. The maximum Gasteiger partial charge on any atom is 0.272 e. The number of likely N-dealkylation sites (N-methyl/N-ethyl adjacent to an activating group) is 3. The van der Waals surface area contributed by atoms with Gasteiger partial charge in [-0.3, -0.25) is 10.1 Å². The van der Waals surface area contributed by atoms with Gasteiger partial charge < -0.3 is 14.7 Å². The van der Waals surface area contributed by atoms with Crippen molar-refractivity contribution >= 4 is 5.69 Å². The van der Waals surface area contributed by atoms with Crippen molar-refractivity contribution < 1.29 is 4.92 Å². The van der Waals surface area contributed by atoms with Crippen LogP contribution in [0.3, 0.4) is 0 Å². The molecular formula is C22H40N4O2. The van der Waals surface area contributed by atoms with E-state index < -0.39 is 0 Å². The molecule has 0 aliphatic heterocycles. The molecule has 0 N–H and O–H groups in total. The molecule has 28 heavy (non-hydrogen) atoms. The first-order chi connectivity index (χ1) is 13.2. The summed E-state index contributed by atoms with van der Waals surface area (Å²) in [5, 5.41) is 11.3. The Labute approximate surface area is 171 Å². The maximum atomic E-state index is 11.3. The van der Waals surface area contributed by atoms with E-state index in [-0.39, 0.29) is 10.6 Å².